The maximum absolute atomic E-state index is 13.1. The minimum atomic E-state index is 0.0864. The van der Waals surface area contributed by atoms with Crippen molar-refractivity contribution in [3.05, 3.63) is 60.4 Å². The van der Waals surface area contributed by atoms with E-state index in [4.69, 9.17) is 11.6 Å². The number of anilines is 2. The topological polar surface area (TPSA) is 70.4 Å². The summed E-state index contributed by atoms with van der Waals surface area (Å²) in [6, 6.07) is 9.89. The third kappa shape index (κ3) is 4.41. The second kappa shape index (κ2) is 9.16. The van der Waals surface area contributed by atoms with E-state index in [-0.39, 0.29) is 5.92 Å². The number of nitrogens with zero attached hydrogens (tertiary/aromatic N) is 7. The van der Waals surface area contributed by atoms with Gasteiger partial charge >= 0.3 is 0 Å². The van der Waals surface area contributed by atoms with E-state index in [0.717, 1.165) is 74.5 Å². The van der Waals surface area contributed by atoms with Gasteiger partial charge in [-0.3, -0.25) is 9.36 Å². The van der Waals surface area contributed by atoms with Crippen LogP contribution in [0.4, 0.5) is 11.5 Å². The molecule has 0 N–H and O–H groups in total. The molecule has 1 aromatic carbocycles. The zero-order chi connectivity index (χ0) is 21.9. The number of imidazole rings is 1. The molecule has 8 nitrogen and oxygen atoms in total. The van der Waals surface area contributed by atoms with Gasteiger partial charge in [0.2, 0.25) is 5.91 Å². The van der Waals surface area contributed by atoms with Gasteiger partial charge in [0.1, 0.15) is 24.3 Å². The number of rotatable bonds is 4. The van der Waals surface area contributed by atoms with Gasteiger partial charge in [0.05, 0.1) is 0 Å². The van der Waals surface area contributed by atoms with E-state index in [1.807, 2.05) is 46.0 Å². The zero-order valence-electron chi connectivity index (χ0n) is 17.8. The predicted octanol–water partition coefficient (Wildman–Crippen LogP) is 2.88. The summed E-state index contributed by atoms with van der Waals surface area (Å²) in [5.74, 6) is 2.07. The van der Waals surface area contributed by atoms with E-state index in [1.54, 1.807) is 18.9 Å². The number of carbonyl (C=O) groups is 1. The maximum atomic E-state index is 13.1. The van der Waals surface area contributed by atoms with Crippen molar-refractivity contribution in [2.75, 3.05) is 49.1 Å². The molecular weight excluding hydrogens is 426 g/mol. The number of hydrogen-bond acceptors (Lipinski definition) is 6. The summed E-state index contributed by atoms with van der Waals surface area (Å²) in [6.07, 6.45) is 8.60. The highest BCUT2D eigenvalue weighted by Gasteiger charge is 2.31. The normalized spacial score (nSPS) is 17.6. The lowest BCUT2D eigenvalue weighted by Gasteiger charge is -2.39. The molecule has 0 atom stereocenters. The molecule has 4 heterocycles. The van der Waals surface area contributed by atoms with E-state index in [1.165, 1.54) is 0 Å². The Kier molecular flexibility index (Phi) is 5.94. The first-order valence-corrected chi connectivity index (χ1v) is 11.4. The monoisotopic (exact) mass is 451 g/mol. The fourth-order valence-corrected chi connectivity index (χ4v) is 4.62. The summed E-state index contributed by atoms with van der Waals surface area (Å²) in [5, 5.41) is 0.744. The number of amides is 1. The van der Waals surface area contributed by atoms with Gasteiger partial charge < -0.3 is 14.7 Å². The molecular formula is C23H26ClN7O. The minimum absolute atomic E-state index is 0.0864. The largest absolute Gasteiger partial charge is 0.368 e. The summed E-state index contributed by atoms with van der Waals surface area (Å²) < 4.78 is 1.87. The van der Waals surface area contributed by atoms with Crippen LogP contribution in [0.15, 0.2) is 55.4 Å². The van der Waals surface area contributed by atoms with Crippen molar-refractivity contribution in [1.29, 1.82) is 0 Å². The number of halogens is 1. The fourth-order valence-electron chi connectivity index (χ4n) is 4.50. The molecule has 0 radical (unpaired) electrons. The van der Waals surface area contributed by atoms with Crippen LogP contribution in [-0.4, -0.2) is 69.6 Å². The van der Waals surface area contributed by atoms with Crippen LogP contribution in [0.2, 0.25) is 5.02 Å². The summed E-state index contributed by atoms with van der Waals surface area (Å²) in [6.45, 7) is 4.88. The van der Waals surface area contributed by atoms with Crippen LogP contribution in [0.3, 0.4) is 0 Å². The Labute approximate surface area is 192 Å². The molecule has 5 rings (SSSR count). The standard InChI is InChI=1S/C23H26ClN7O/c24-19-1-3-20(4-2-19)28-11-13-30(14-12-28)23(32)18-5-8-29(9-6-18)21-15-22(27-16-26-21)31-10-7-25-17-31/h1-4,7,10,15-18H,5-6,8-9,11-14H2. The van der Waals surface area contributed by atoms with Crippen LogP contribution in [0.25, 0.3) is 5.82 Å². The molecule has 2 aliphatic heterocycles. The van der Waals surface area contributed by atoms with E-state index in [2.05, 4.69) is 24.8 Å². The van der Waals surface area contributed by atoms with Crippen LogP contribution >= 0.6 is 11.6 Å². The Balaban J connectivity index is 1.14. The van der Waals surface area contributed by atoms with Crippen LogP contribution in [-0.2, 0) is 4.79 Å². The average molecular weight is 452 g/mol. The Bertz CT molecular complexity index is 1040. The first kappa shape index (κ1) is 20.8. The third-order valence-corrected chi connectivity index (χ3v) is 6.61. The lowest BCUT2D eigenvalue weighted by Crippen LogP contribution is -2.51. The van der Waals surface area contributed by atoms with Crippen molar-refractivity contribution in [2.24, 2.45) is 5.92 Å². The van der Waals surface area contributed by atoms with Crippen molar-refractivity contribution in [3.8, 4) is 5.82 Å². The Morgan fingerprint density at radius 2 is 1.62 bits per heavy atom. The third-order valence-electron chi connectivity index (χ3n) is 6.36. The van der Waals surface area contributed by atoms with Crippen LogP contribution < -0.4 is 9.80 Å². The first-order chi connectivity index (χ1) is 15.7. The van der Waals surface area contributed by atoms with E-state index < -0.39 is 0 Å². The number of piperidine rings is 1. The highest BCUT2D eigenvalue weighted by atomic mass is 35.5. The minimum Gasteiger partial charge on any atom is -0.368 e. The molecule has 0 aliphatic carbocycles. The molecule has 2 fully saturated rings. The molecule has 9 heteroatoms. The fraction of sp³-hybridized carbons (Fsp3) is 0.391. The SMILES string of the molecule is O=C(C1CCN(c2cc(-n3ccnc3)ncn2)CC1)N1CCN(c2ccc(Cl)cc2)CC1. The van der Waals surface area contributed by atoms with Crippen molar-refractivity contribution >= 4 is 29.0 Å². The van der Waals surface area contributed by atoms with Gasteiger partial charge in [-0.05, 0) is 37.1 Å². The van der Waals surface area contributed by atoms with Gasteiger partial charge in [0.25, 0.3) is 0 Å². The van der Waals surface area contributed by atoms with Gasteiger partial charge in [-0.2, -0.15) is 0 Å². The van der Waals surface area contributed by atoms with Crippen LogP contribution in [0.5, 0.6) is 0 Å². The van der Waals surface area contributed by atoms with E-state index in [0.29, 0.717) is 5.91 Å². The van der Waals surface area contributed by atoms with Crippen molar-refractivity contribution in [3.63, 3.8) is 0 Å². The summed E-state index contributed by atoms with van der Waals surface area (Å²) >= 11 is 6.00. The lowest BCUT2D eigenvalue weighted by atomic mass is 9.95. The molecule has 32 heavy (non-hydrogen) atoms. The number of benzene rings is 1. The second-order valence-electron chi connectivity index (χ2n) is 8.25. The zero-order valence-corrected chi connectivity index (χ0v) is 18.6. The highest BCUT2D eigenvalue weighted by molar-refractivity contribution is 6.30. The van der Waals surface area contributed by atoms with Gasteiger partial charge in [-0.25, -0.2) is 15.0 Å². The Hall–Kier alpha value is -3.13. The molecule has 0 bridgehead atoms. The summed E-state index contributed by atoms with van der Waals surface area (Å²) in [7, 11) is 0. The van der Waals surface area contributed by atoms with Crippen LogP contribution in [0.1, 0.15) is 12.8 Å². The number of hydrogen-bond donors (Lipinski definition) is 0. The molecule has 0 unspecified atom stereocenters. The molecule has 3 aromatic rings. The van der Waals surface area contributed by atoms with Crippen molar-refractivity contribution < 1.29 is 4.79 Å². The molecule has 0 spiro atoms. The maximum Gasteiger partial charge on any atom is 0.225 e. The smallest absolute Gasteiger partial charge is 0.225 e. The first-order valence-electron chi connectivity index (χ1n) is 11.0. The van der Waals surface area contributed by atoms with E-state index >= 15 is 0 Å². The van der Waals surface area contributed by atoms with Crippen molar-refractivity contribution in [1.82, 2.24) is 24.4 Å². The number of piperazine rings is 1. The number of aromatic nitrogens is 4. The molecule has 166 valence electrons. The lowest BCUT2D eigenvalue weighted by molar-refractivity contribution is -0.136. The molecule has 0 saturated carbocycles. The second-order valence-corrected chi connectivity index (χ2v) is 8.69. The number of carbonyl (C=O) groups excluding carboxylic acids is 1. The van der Waals surface area contributed by atoms with Gasteiger partial charge in [0.15, 0.2) is 0 Å². The van der Waals surface area contributed by atoms with E-state index in [9.17, 15) is 4.79 Å². The average Bonchev–Trinajstić information content (AvgIpc) is 3.40. The molecule has 2 aromatic heterocycles. The van der Waals surface area contributed by atoms with Gasteiger partial charge in [-0.15, -0.1) is 0 Å². The Morgan fingerprint density at radius 1 is 0.906 bits per heavy atom. The highest BCUT2D eigenvalue weighted by Crippen LogP contribution is 2.25. The summed E-state index contributed by atoms with van der Waals surface area (Å²) in [4.78, 5) is 32.6. The Morgan fingerprint density at radius 3 is 2.31 bits per heavy atom. The molecule has 2 aliphatic rings. The molecule has 2 saturated heterocycles. The van der Waals surface area contributed by atoms with Gasteiger partial charge in [0, 0.05) is 74.4 Å². The quantitative estimate of drug-likeness (QED) is 0.607. The molecule has 1 amide bonds. The predicted molar refractivity (Wildman–Crippen MR) is 124 cm³/mol. The van der Waals surface area contributed by atoms with Crippen molar-refractivity contribution in [2.45, 2.75) is 12.8 Å². The van der Waals surface area contributed by atoms with Gasteiger partial charge in [-0.1, -0.05) is 11.6 Å². The van der Waals surface area contributed by atoms with Crippen LogP contribution in [0, 0.1) is 5.92 Å². The summed E-state index contributed by atoms with van der Waals surface area (Å²) in [5.41, 5.74) is 1.16.